The van der Waals surface area contributed by atoms with Gasteiger partial charge in [0.15, 0.2) is 5.65 Å². The number of fused-ring (bicyclic) bond motifs is 1. The Hall–Kier alpha value is -1.62. The van der Waals surface area contributed by atoms with Gasteiger partial charge in [-0.1, -0.05) is 0 Å². The molecule has 2 atom stereocenters. The van der Waals surface area contributed by atoms with Gasteiger partial charge >= 0.3 is 0 Å². The zero-order chi connectivity index (χ0) is 12.7. The van der Waals surface area contributed by atoms with Gasteiger partial charge in [0, 0.05) is 13.3 Å². The number of rotatable bonds is 2. The van der Waals surface area contributed by atoms with E-state index in [2.05, 4.69) is 9.97 Å². The minimum Gasteiger partial charge on any atom is -0.379 e. The van der Waals surface area contributed by atoms with Crippen LogP contribution in [0.1, 0.15) is 30.9 Å². The lowest BCUT2D eigenvalue weighted by atomic mass is 10.2. The minimum atomic E-state index is 0.215. The van der Waals surface area contributed by atoms with Gasteiger partial charge < -0.3 is 10.5 Å². The van der Waals surface area contributed by atoms with Crippen LogP contribution in [0.25, 0.3) is 11.2 Å². The lowest BCUT2D eigenvalue weighted by molar-refractivity contribution is 0.0767. The summed E-state index contributed by atoms with van der Waals surface area (Å²) in [6.45, 7) is 2.03. The van der Waals surface area contributed by atoms with E-state index >= 15 is 0 Å². The molecule has 2 N–H and O–H groups in total. The first-order valence-electron chi connectivity index (χ1n) is 6.34. The first-order valence-corrected chi connectivity index (χ1v) is 6.34. The molecule has 2 unspecified atom stereocenters. The number of anilines is 1. The fourth-order valence-electron chi connectivity index (χ4n) is 2.93. The van der Waals surface area contributed by atoms with E-state index in [0.29, 0.717) is 5.95 Å². The van der Waals surface area contributed by atoms with Crippen LogP contribution in [0.3, 0.4) is 0 Å². The quantitative estimate of drug-likeness (QED) is 0.880. The number of ether oxygens (including phenoxy) is 1. The number of nitrogens with two attached hydrogens (primary N) is 1. The molecule has 2 heterocycles. The van der Waals surface area contributed by atoms with E-state index < -0.39 is 0 Å². The molecule has 2 aromatic heterocycles. The van der Waals surface area contributed by atoms with Gasteiger partial charge in [-0.3, -0.25) is 4.57 Å². The van der Waals surface area contributed by atoms with Crippen LogP contribution in [0.2, 0.25) is 0 Å². The third-order valence-electron chi connectivity index (χ3n) is 3.86. The van der Waals surface area contributed by atoms with Crippen molar-refractivity contribution < 1.29 is 4.74 Å². The topological polar surface area (TPSA) is 66.0 Å². The molecular weight excluding hydrogens is 228 g/mol. The molecule has 0 spiro atoms. The summed E-state index contributed by atoms with van der Waals surface area (Å²) in [4.78, 5) is 8.89. The number of nitrogens with zero attached hydrogens (tertiary/aromatic N) is 3. The molecular formula is C13H18N4O. The van der Waals surface area contributed by atoms with Gasteiger partial charge in [-0.15, -0.1) is 0 Å². The third kappa shape index (κ3) is 1.58. The van der Waals surface area contributed by atoms with Crippen LogP contribution >= 0.6 is 0 Å². The average molecular weight is 246 g/mol. The number of methoxy groups -OCH3 is 1. The molecule has 0 radical (unpaired) electrons. The highest BCUT2D eigenvalue weighted by molar-refractivity contribution is 5.77. The lowest BCUT2D eigenvalue weighted by Gasteiger charge is -2.20. The molecule has 0 saturated heterocycles. The largest absolute Gasteiger partial charge is 0.379 e. The summed E-state index contributed by atoms with van der Waals surface area (Å²) >= 11 is 0. The predicted octanol–water partition coefficient (Wildman–Crippen LogP) is 2.06. The van der Waals surface area contributed by atoms with E-state index in [9.17, 15) is 0 Å². The summed E-state index contributed by atoms with van der Waals surface area (Å²) in [5, 5.41) is 0. The second kappa shape index (κ2) is 4.24. The summed E-state index contributed by atoms with van der Waals surface area (Å²) in [5.41, 5.74) is 8.96. The van der Waals surface area contributed by atoms with E-state index in [1.54, 1.807) is 7.11 Å². The number of aryl methyl sites for hydroxylation is 1. The molecule has 1 saturated carbocycles. The van der Waals surface area contributed by atoms with Crippen molar-refractivity contribution in [2.75, 3.05) is 12.8 Å². The minimum absolute atomic E-state index is 0.215. The number of pyridine rings is 1. The van der Waals surface area contributed by atoms with Crippen LogP contribution in [-0.4, -0.2) is 27.7 Å². The van der Waals surface area contributed by atoms with E-state index in [4.69, 9.17) is 10.5 Å². The molecule has 96 valence electrons. The van der Waals surface area contributed by atoms with Gasteiger partial charge in [-0.25, -0.2) is 9.97 Å². The second-order valence-electron chi connectivity index (χ2n) is 4.91. The highest BCUT2D eigenvalue weighted by Crippen LogP contribution is 2.36. The number of hydrogen-bond donors (Lipinski definition) is 1. The van der Waals surface area contributed by atoms with Crippen molar-refractivity contribution in [3.8, 4) is 0 Å². The van der Waals surface area contributed by atoms with Crippen molar-refractivity contribution in [1.82, 2.24) is 14.5 Å². The lowest BCUT2D eigenvalue weighted by Crippen LogP contribution is -2.22. The molecule has 5 nitrogen and oxygen atoms in total. The van der Waals surface area contributed by atoms with Gasteiger partial charge in [0.05, 0.1) is 12.1 Å². The summed E-state index contributed by atoms with van der Waals surface area (Å²) in [5.74, 6) is 0.542. The Morgan fingerprint density at radius 1 is 1.44 bits per heavy atom. The van der Waals surface area contributed by atoms with Crippen molar-refractivity contribution in [2.24, 2.45) is 0 Å². The van der Waals surface area contributed by atoms with Crippen LogP contribution in [-0.2, 0) is 4.74 Å². The van der Waals surface area contributed by atoms with Crippen LogP contribution < -0.4 is 5.73 Å². The van der Waals surface area contributed by atoms with Crippen LogP contribution in [0, 0.1) is 6.92 Å². The van der Waals surface area contributed by atoms with E-state index in [1.165, 1.54) is 0 Å². The van der Waals surface area contributed by atoms with E-state index in [0.717, 1.165) is 36.0 Å². The maximum Gasteiger partial charge on any atom is 0.202 e. The summed E-state index contributed by atoms with van der Waals surface area (Å²) in [6, 6.07) is 2.22. The van der Waals surface area contributed by atoms with E-state index in [1.807, 2.05) is 23.8 Å². The molecule has 1 aliphatic carbocycles. The maximum atomic E-state index is 6.08. The summed E-state index contributed by atoms with van der Waals surface area (Å²) < 4.78 is 7.59. The Bertz CT molecular complexity index is 578. The summed E-state index contributed by atoms with van der Waals surface area (Å²) in [6.07, 6.45) is 5.34. The Morgan fingerprint density at radius 2 is 2.28 bits per heavy atom. The van der Waals surface area contributed by atoms with Crippen LogP contribution in [0.5, 0.6) is 0 Å². The third-order valence-corrected chi connectivity index (χ3v) is 3.86. The van der Waals surface area contributed by atoms with E-state index in [-0.39, 0.29) is 12.1 Å². The molecule has 0 aromatic carbocycles. The van der Waals surface area contributed by atoms with Crippen LogP contribution in [0.15, 0.2) is 12.3 Å². The smallest absolute Gasteiger partial charge is 0.202 e. The number of nitrogen functional groups attached to an aromatic ring is 1. The number of hydrogen-bond acceptors (Lipinski definition) is 4. The van der Waals surface area contributed by atoms with Crippen molar-refractivity contribution in [1.29, 1.82) is 0 Å². The van der Waals surface area contributed by atoms with Gasteiger partial charge in [-0.05, 0) is 37.8 Å². The van der Waals surface area contributed by atoms with Gasteiger partial charge in [0.2, 0.25) is 5.95 Å². The molecule has 0 amide bonds. The van der Waals surface area contributed by atoms with Crippen molar-refractivity contribution in [3.63, 3.8) is 0 Å². The Morgan fingerprint density at radius 3 is 3.06 bits per heavy atom. The van der Waals surface area contributed by atoms with Gasteiger partial charge in [-0.2, -0.15) is 0 Å². The molecule has 1 fully saturated rings. The normalized spacial score (nSPS) is 23.9. The monoisotopic (exact) mass is 246 g/mol. The second-order valence-corrected chi connectivity index (χ2v) is 4.91. The Labute approximate surface area is 106 Å². The average Bonchev–Trinajstić information content (AvgIpc) is 2.93. The fourth-order valence-corrected chi connectivity index (χ4v) is 2.93. The number of aromatic nitrogens is 3. The van der Waals surface area contributed by atoms with Gasteiger partial charge in [0.25, 0.3) is 0 Å². The summed E-state index contributed by atoms with van der Waals surface area (Å²) in [7, 11) is 1.76. The maximum absolute atomic E-state index is 6.08. The zero-order valence-corrected chi connectivity index (χ0v) is 10.8. The molecule has 0 aliphatic heterocycles. The van der Waals surface area contributed by atoms with Crippen molar-refractivity contribution in [2.45, 2.75) is 38.3 Å². The molecule has 2 aromatic rings. The Kier molecular flexibility index (Phi) is 2.70. The highest BCUT2D eigenvalue weighted by Gasteiger charge is 2.31. The van der Waals surface area contributed by atoms with Gasteiger partial charge in [0.1, 0.15) is 5.52 Å². The van der Waals surface area contributed by atoms with Crippen molar-refractivity contribution in [3.05, 3.63) is 17.8 Å². The first-order chi connectivity index (χ1) is 8.72. The molecule has 3 rings (SSSR count). The highest BCUT2D eigenvalue weighted by atomic mass is 16.5. The number of imidazole rings is 1. The zero-order valence-electron chi connectivity index (χ0n) is 10.8. The SMILES string of the molecule is COC1CCCC1n1c(N)nc2c(C)ccnc21. The molecule has 0 bridgehead atoms. The molecule has 1 aliphatic rings. The van der Waals surface area contributed by atoms with Crippen LogP contribution in [0.4, 0.5) is 5.95 Å². The molecule has 5 heteroatoms. The molecule has 18 heavy (non-hydrogen) atoms. The van der Waals surface area contributed by atoms with Crippen molar-refractivity contribution >= 4 is 17.1 Å². The fraction of sp³-hybridized carbons (Fsp3) is 0.538. The first kappa shape index (κ1) is 11.5. The standard InChI is InChI=1S/C13H18N4O/c1-8-6-7-15-12-11(8)16-13(14)17(12)9-4-3-5-10(9)18-2/h6-7,9-10H,3-5H2,1-2H3,(H2,14,16). The Balaban J connectivity index is 2.16. The predicted molar refractivity (Wildman–Crippen MR) is 70.4 cm³/mol.